The zero-order chi connectivity index (χ0) is 9.14. The van der Waals surface area contributed by atoms with Crippen LogP contribution in [0.1, 0.15) is 6.42 Å². The van der Waals surface area contributed by atoms with Crippen LogP contribution >= 0.6 is 0 Å². The molecular weight excluding hydrogens is 160 g/mol. The highest BCUT2D eigenvalue weighted by molar-refractivity contribution is 5.97. The minimum atomic E-state index is -0.836. The number of hydrogen-bond donors (Lipinski definition) is 1. The van der Waals surface area contributed by atoms with Crippen molar-refractivity contribution in [1.82, 2.24) is 0 Å². The number of aliphatic hydroxyl groups is 1. The van der Waals surface area contributed by atoms with Crippen LogP contribution in [0.3, 0.4) is 0 Å². The second-order valence-electron chi connectivity index (χ2n) is 2.64. The number of carbonyl (C=O) groups excluding carboxylic acids is 2. The van der Waals surface area contributed by atoms with Gasteiger partial charge in [-0.3, -0.25) is 9.59 Å². The fourth-order valence-corrected chi connectivity index (χ4v) is 1.10. The Labute approximate surface area is 69.8 Å². The van der Waals surface area contributed by atoms with Crippen LogP contribution < -0.4 is 0 Å². The Morgan fingerprint density at radius 1 is 1.75 bits per heavy atom. The van der Waals surface area contributed by atoms with Gasteiger partial charge in [0.25, 0.3) is 0 Å². The van der Waals surface area contributed by atoms with Gasteiger partial charge in [0.1, 0.15) is 0 Å². The predicted octanol–water partition coefficient (Wildman–Crippen LogP) is -0.334. The fraction of sp³-hybridized carbons (Fsp3) is 0.500. The van der Waals surface area contributed by atoms with Crippen molar-refractivity contribution in [1.29, 1.82) is 0 Å². The number of hydrogen-bond acceptors (Lipinski definition) is 4. The van der Waals surface area contributed by atoms with Crippen LogP contribution in [-0.4, -0.2) is 30.1 Å². The highest BCUT2D eigenvalue weighted by Crippen LogP contribution is 2.19. The molecule has 4 nitrogen and oxygen atoms in total. The molecule has 0 aromatic rings. The van der Waals surface area contributed by atoms with Crippen LogP contribution in [0.4, 0.5) is 0 Å². The van der Waals surface area contributed by atoms with Crippen LogP contribution in [0.5, 0.6) is 0 Å². The second kappa shape index (κ2) is 3.49. The topological polar surface area (TPSA) is 63.6 Å². The van der Waals surface area contributed by atoms with Gasteiger partial charge >= 0.3 is 5.97 Å². The lowest BCUT2D eigenvalue weighted by Gasteiger charge is -2.10. The second-order valence-corrected chi connectivity index (χ2v) is 2.64. The maximum Gasteiger partial charge on any atom is 0.306 e. The van der Waals surface area contributed by atoms with Crippen LogP contribution in [-0.2, 0) is 14.3 Å². The molecule has 1 aliphatic rings. The number of ether oxygens (including phenoxy) is 1. The van der Waals surface area contributed by atoms with Crippen molar-refractivity contribution in [2.75, 3.05) is 7.11 Å². The molecule has 0 bridgehead atoms. The summed E-state index contributed by atoms with van der Waals surface area (Å²) in [6.07, 6.45) is 1.79. The van der Waals surface area contributed by atoms with E-state index in [2.05, 4.69) is 4.74 Å². The van der Waals surface area contributed by atoms with Gasteiger partial charge in [0.15, 0.2) is 5.78 Å². The number of allylic oxidation sites excluding steroid dienone is 1. The number of aliphatic hydroxyl groups excluding tert-OH is 1. The lowest BCUT2D eigenvalue weighted by atomic mass is 10.00. The quantitative estimate of drug-likeness (QED) is 0.576. The molecule has 0 aromatic heterocycles. The van der Waals surface area contributed by atoms with Gasteiger partial charge in [-0.15, -0.1) is 0 Å². The molecule has 2 atom stereocenters. The normalized spacial score (nSPS) is 27.7. The molecule has 1 rings (SSSR count). The molecule has 0 unspecified atom stereocenters. The minimum absolute atomic E-state index is 0.0521. The van der Waals surface area contributed by atoms with Crippen LogP contribution in [0, 0.1) is 5.92 Å². The van der Waals surface area contributed by atoms with E-state index in [9.17, 15) is 14.7 Å². The van der Waals surface area contributed by atoms with Crippen molar-refractivity contribution in [3.63, 3.8) is 0 Å². The highest BCUT2D eigenvalue weighted by atomic mass is 16.5. The summed E-state index contributed by atoms with van der Waals surface area (Å²) in [5, 5.41) is 9.19. The van der Waals surface area contributed by atoms with E-state index in [1.165, 1.54) is 19.3 Å². The Kier molecular flexibility index (Phi) is 2.60. The summed E-state index contributed by atoms with van der Waals surface area (Å²) in [6.45, 7) is 0. The molecule has 0 aliphatic heterocycles. The van der Waals surface area contributed by atoms with Crippen LogP contribution in [0.2, 0.25) is 0 Å². The Hall–Kier alpha value is -1.16. The van der Waals surface area contributed by atoms with Crippen LogP contribution in [0.25, 0.3) is 0 Å². The van der Waals surface area contributed by atoms with E-state index in [1.54, 1.807) is 0 Å². The molecule has 0 aromatic carbocycles. The third-order valence-electron chi connectivity index (χ3n) is 1.85. The van der Waals surface area contributed by atoms with Crippen molar-refractivity contribution in [2.45, 2.75) is 12.5 Å². The molecule has 1 N–H and O–H groups in total. The molecule has 0 heterocycles. The fourth-order valence-electron chi connectivity index (χ4n) is 1.10. The van der Waals surface area contributed by atoms with Gasteiger partial charge in [-0.05, 0) is 6.08 Å². The van der Waals surface area contributed by atoms with E-state index in [1.807, 2.05) is 0 Å². The SMILES string of the molecule is COC(=O)C[C@@H]1C(=O)C=C[C@H]1O. The first-order valence-electron chi connectivity index (χ1n) is 3.62. The van der Waals surface area contributed by atoms with Gasteiger partial charge in [0.2, 0.25) is 0 Å². The number of ketones is 1. The van der Waals surface area contributed by atoms with Gasteiger partial charge < -0.3 is 9.84 Å². The molecule has 1 aliphatic carbocycles. The van der Waals surface area contributed by atoms with Crippen LogP contribution in [0.15, 0.2) is 12.2 Å². The van der Waals surface area contributed by atoms with E-state index in [4.69, 9.17) is 0 Å². The minimum Gasteiger partial charge on any atom is -0.469 e. The number of methoxy groups -OCH3 is 1. The van der Waals surface area contributed by atoms with Crippen molar-refractivity contribution in [3.8, 4) is 0 Å². The summed E-state index contributed by atoms with van der Waals surface area (Å²) < 4.78 is 4.38. The Bertz CT molecular complexity index is 231. The molecule has 0 spiro atoms. The molecular formula is C8H10O4. The first kappa shape index (κ1) is 8.93. The summed E-state index contributed by atoms with van der Waals surface area (Å²) in [5.41, 5.74) is 0. The summed E-state index contributed by atoms with van der Waals surface area (Å²) >= 11 is 0. The Morgan fingerprint density at radius 2 is 2.42 bits per heavy atom. The van der Waals surface area contributed by atoms with Crippen molar-refractivity contribution in [3.05, 3.63) is 12.2 Å². The third-order valence-corrected chi connectivity index (χ3v) is 1.85. The van der Waals surface area contributed by atoms with E-state index in [0.29, 0.717) is 0 Å². The van der Waals surface area contributed by atoms with Crippen molar-refractivity contribution >= 4 is 11.8 Å². The van der Waals surface area contributed by atoms with E-state index in [-0.39, 0.29) is 12.2 Å². The van der Waals surface area contributed by atoms with E-state index in [0.717, 1.165) is 0 Å². The molecule has 0 fully saturated rings. The molecule has 0 amide bonds. The average molecular weight is 170 g/mol. The zero-order valence-electron chi connectivity index (χ0n) is 6.69. The third kappa shape index (κ3) is 1.71. The largest absolute Gasteiger partial charge is 0.469 e. The summed E-state index contributed by atoms with van der Waals surface area (Å²) in [6, 6.07) is 0. The number of carbonyl (C=O) groups is 2. The zero-order valence-corrected chi connectivity index (χ0v) is 6.69. The number of esters is 1. The monoisotopic (exact) mass is 170 g/mol. The lowest BCUT2D eigenvalue weighted by molar-refractivity contribution is -0.144. The van der Waals surface area contributed by atoms with Crippen molar-refractivity contribution in [2.24, 2.45) is 5.92 Å². The van der Waals surface area contributed by atoms with Gasteiger partial charge in [-0.2, -0.15) is 0 Å². The Morgan fingerprint density at radius 3 is 2.83 bits per heavy atom. The molecule has 0 saturated heterocycles. The van der Waals surface area contributed by atoms with Crippen molar-refractivity contribution < 1.29 is 19.4 Å². The molecule has 0 radical (unpaired) electrons. The number of rotatable bonds is 2. The first-order chi connectivity index (χ1) is 5.65. The maximum absolute atomic E-state index is 11.0. The molecule has 0 saturated carbocycles. The predicted molar refractivity (Wildman–Crippen MR) is 40.3 cm³/mol. The summed E-state index contributed by atoms with van der Waals surface area (Å²) in [7, 11) is 1.25. The van der Waals surface area contributed by atoms with Gasteiger partial charge in [-0.25, -0.2) is 0 Å². The molecule has 4 heteroatoms. The highest BCUT2D eigenvalue weighted by Gasteiger charge is 2.30. The molecule has 12 heavy (non-hydrogen) atoms. The van der Waals surface area contributed by atoms with E-state index < -0.39 is 18.0 Å². The first-order valence-corrected chi connectivity index (χ1v) is 3.62. The average Bonchev–Trinajstić information content (AvgIpc) is 2.35. The Balaban J connectivity index is 2.53. The standard InChI is InChI=1S/C8H10O4/c1-12-8(11)4-5-6(9)2-3-7(5)10/h2-3,5-6,9H,4H2,1H3/t5-,6+/m0/s1. The van der Waals surface area contributed by atoms with Gasteiger partial charge in [-0.1, -0.05) is 6.08 Å². The molecule has 66 valence electrons. The van der Waals surface area contributed by atoms with E-state index >= 15 is 0 Å². The summed E-state index contributed by atoms with van der Waals surface area (Å²) in [4.78, 5) is 21.7. The van der Waals surface area contributed by atoms with Gasteiger partial charge in [0.05, 0.1) is 25.6 Å². The van der Waals surface area contributed by atoms with Gasteiger partial charge in [0, 0.05) is 0 Å². The summed E-state index contributed by atoms with van der Waals surface area (Å²) in [5.74, 6) is -1.33. The maximum atomic E-state index is 11.0. The lowest BCUT2D eigenvalue weighted by Crippen LogP contribution is -2.23. The smallest absolute Gasteiger partial charge is 0.306 e.